The molecule has 0 aromatic carbocycles. The molecule has 1 aromatic heterocycles. The van der Waals surface area contributed by atoms with E-state index in [0.717, 1.165) is 62.8 Å². The van der Waals surface area contributed by atoms with Crippen molar-refractivity contribution in [3.8, 4) is 0 Å². The van der Waals surface area contributed by atoms with E-state index in [4.69, 9.17) is 33.5 Å². The molecular weight excluding hydrogens is 538 g/mol. The second-order valence-electron chi connectivity index (χ2n) is 10.2. The van der Waals surface area contributed by atoms with Gasteiger partial charge in [-0.1, -0.05) is 5.16 Å². The minimum atomic E-state index is -1.36. The highest BCUT2D eigenvalue weighted by Crippen LogP contribution is 2.31. The molecule has 0 spiro atoms. The van der Waals surface area contributed by atoms with E-state index in [-0.39, 0.29) is 6.61 Å². The number of oxime groups is 1. The number of hydrogen-bond acceptors (Lipinski definition) is 13. The molecular formula is C28H39N3O10. The summed E-state index contributed by atoms with van der Waals surface area (Å²) < 4.78 is 27.2. The number of pyridine rings is 1. The Bertz CT molecular complexity index is 1170. The van der Waals surface area contributed by atoms with E-state index in [1.54, 1.807) is 6.92 Å². The van der Waals surface area contributed by atoms with Gasteiger partial charge in [0.15, 0.2) is 12.2 Å². The first-order valence-corrected chi connectivity index (χ1v) is 13.6. The number of esters is 4. The van der Waals surface area contributed by atoms with Crippen LogP contribution in [0.2, 0.25) is 0 Å². The molecule has 1 fully saturated rings. The maximum absolute atomic E-state index is 12.0. The van der Waals surface area contributed by atoms with Gasteiger partial charge in [-0.15, -0.1) is 0 Å². The van der Waals surface area contributed by atoms with Crippen molar-refractivity contribution in [2.75, 3.05) is 24.6 Å². The van der Waals surface area contributed by atoms with Gasteiger partial charge in [0.2, 0.25) is 6.10 Å². The predicted octanol–water partition coefficient (Wildman–Crippen LogP) is 2.32. The fraction of sp³-hybridized carbons (Fsp3) is 0.643. The lowest BCUT2D eigenvalue weighted by Gasteiger charge is -2.43. The number of nitrogens with zero attached hydrogens (tertiary/aromatic N) is 3. The molecule has 5 atom stereocenters. The normalized spacial score (nSPS) is 24.1. The van der Waals surface area contributed by atoms with Gasteiger partial charge in [0.05, 0.1) is 17.1 Å². The molecule has 0 bridgehead atoms. The average molecular weight is 578 g/mol. The number of aryl methyl sites for hydroxylation is 3. The first kappa shape index (κ1) is 31.8. The lowest BCUT2D eigenvalue weighted by molar-refractivity contribution is -0.308. The molecule has 13 heteroatoms. The molecule has 41 heavy (non-hydrogen) atoms. The molecule has 0 unspecified atom stereocenters. The Morgan fingerprint density at radius 1 is 0.951 bits per heavy atom. The van der Waals surface area contributed by atoms with Crippen LogP contribution in [-0.2, 0) is 54.1 Å². The van der Waals surface area contributed by atoms with Crippen LogP contribution in [0.3, 0.4) is 0 Å². The second kappa shape index (κ2) is 14.2. The molecule has 0 N–H and O–H groups in total. The number of anilines is 1. The number of fused-ring (bicyclic) bond motifs is 1. The van der Waals surface area contributed by atoms with Crippen molar-refractivity contribution in [3.63, 3.8) is 0 Å². The summed E-state index contributed by atoms with van der Waals surface area (Å²) in [5.74, 6) is -2.75. The van der Waals surface area contributed by atoms with Crippen LogP contribution in [0.25, 0.3) is 0 Å². The van der Waals surface area contributed by atoms with Crippen molar-refractivity contribution in [2.45, 2.75) is 98.4 Å². The number of ether oxygens (including phenoxy) is 5. The highest BCUT2D eigenvalue weighted by molar-refractivity contribution is 5.82. The van der Waals surface area contributed by atoms with Crippen LogP contribution in [0.5, 0.6) is 0 Å². The van der Waals surface area contributed by atoms with Gasteiger partial charge in [0, 0.05) is 52.9 Å². The van der Waals surface area contributed by atoms with Crippen molar-refractivity contribution in [3.05, 3.63) is 23.0 Å². The summed E-state index contributed by atoms with van der Waals surface area (Å²) in [7, 11) is 0. The summed E-state index contributed by atoms with van der Waals surface area (Å²) in [6.45, 7) is 11.7. The van der Waals surface area contributed by atoms with Gasteiger partial charge in [-0.05, 0) is 45.2 Å². The van der Waals surface area contributed by atoms with Crippen LogP contribution in [0.1, 0.15) is 64.4 Å². The maximum Gasteiger partial charge on any atom is 0.303 e. The third-order valence-corrected chi connectivity index (χ3v) is 6.71. The van der Waals surface area contributed by atoms with Crippen LogP contribution < -0.4 is 4.90 Å². The van der Waals surface area contributed by atoms with Crippen molar-refractivity contribution in [2.24, 2.45) is 5.16 Å². The molecule has 2 aliphatic rings. The van der Waals surface area contributed by atoms with Crippen LogP contribution in [0, 0.1) is 13.8 Å². The van der Waals surface area contributed by atoms with Gasteiger partial charge in [-0.3, -0.25) is 24.2 Å². The third-order valence-electron chi connectivity index (χ3n) is 6.71. The van der Waals surface area contributed by atoms with E-state index in [1.807, 2.05) is 13.8 Å². The summed E-state index contributed by atoms with van der Waals surface area (Å²) in [6, 6.07) is 2.16. The van der Waals surface area contributed by atoms with Gasteiger partial charge < -0.3 is 33.4 Å². The summed E-state index contributed by atoms with van der Waals surface area (Å²) in [5.41, 5.74) is 4.99. The van der Waals surface area contributed by atoms with Crippen molar-refractivity contribution >= 4 is 35.3 Å². The van der Waals surface area contributed by atoms with E-state index >= 15 is 0 Å². The number of carbonyl (C=O) groups is 4. The van der Waals surface area contributed by atoms with E-state index in [0.29, 0.717) is 18.7 Å². The number of aromatic nitrogens is 1. The van der Waals surface area contributed by atoms with Crippen molar-refractivity contribution in [1.82, 2.24) is 4.98 Å². The molecule has 0 radical (unpaired) electrons. The van der Waals surface area contributed by atoms with Crippen molar-refractivity contribution < 1.29 is 47.7 Å². The number of rotatable bonds is 10. The highest BCUT2D eigenvalue weighted by Gasteiger charge is 2.53. The van der Waals surface area contributed by atoms with Gasteiger partial charge >= 0.3 is 23.9 Å². The standard InChI is InChI=1S/C28H39N3O10/c1-15-13-23-22(29-17(15)3)9-8-11-31(23)12-10-16(2)30-41-28-27(39-21(7)35)26(38-20(6)34)25(37-19(5)33)24(40-28)14-36-18(4)32/h13,24-28H,8-12,14H2,1-7H3/t24-,25-,26+,27-,28+/m1/s1. The Morgan fingerprint density at radius 2 is 1.59 bits per heavy atom. The van der Waals surface area contributed by atoms with Gasteiger partial charge in [0.1, 0.15) is 12.7 Å². The lowest BCUT2D eigenvalue weighted by atomic mass is 9.98. The molecule has 3 rings (SSSR count). The molecule has 1 aromatic rings. The van der Waals surface area contributed by atoms with E-state index < -0.39 is 54.6 Å². The zero-order valence-electron chi connectivity index (χ0n) is 24.6. The van der Waals surface area contributed by atoms with Gasteiger partial charge in [-0.25, -0.2) is 0 Å². The predicted molar refractivity (Wildman–Crippen MR) is 145 cm³/mol. The fourth-order valence-corrected chi connectivity index (χ4v) is 4.75. The van der Waals surface area contributed by atoms with Gasteiger partial charge in [-0.2, -0.15) is 0 Å². The van der Waals surface area contributed by atoms with Crippen molar-refractivity contribution in [1.29, 1.82) is 0 Å². The minimum Gasteiger partial charge on any atom is -0.463 e. The molecule has 1 saturated heterocycles. The molecule has 2 aliphatic heterocycles. The summed E-state index contributed by atoms with van der Waals surface area (Å²) >= 11 is 0. The zero-order valence-corrected chi connectivity index (χ0v) is 24.6. The van der Waals surface area contributed by atoms with E-state index in [9.17, 15) is 19.2 Å². The Morgan fingerprint density at radius 3 is 2.22 bits per heavy atom. The molecule has 3 heterocycles. The zero-order chi connectivity index (χ0) is 30.3. The van der Waals surface area contributed by atoms with E-state index in [2.05, 4.69) is 16.1 Å². The monoisotopic (exact) mass is 577 g/mol. The Kier molecular flexibility index (Phi) is 11.0. The molecule has 0 amide bonds. The lowest BCUT2D eigenvalue weighted by Crippen LogP contribution is -2.62. The smallest absolute Gasteiger partial charge is 0.303 e. The molecule has 13 nitrogen and oxygen atoms in total. The average Bonchev–Trinajstić information content (AvgIpc) is 2.87. The topological polar surface area (TPSA) is 152 Å². The van der Waals surface area contributed by atoms with Crippen LogP contribution in [-0.4, -0.2) is 85.0 Å². The SMILES string of the molecule is CC(=O)OC[C@H]1O[C@@H](ON=C(C)CCN2CCCc3nc(C)c(C)cc32)[C@H](OC(C)=O)[C@@H](OC(C)=O)[C@@H]1OC(C)=O. The Hall–Kier alpha value is -3.74. The highest BCUT2D eigenvalue weighted by atomic mass is 16.8. The quantitative estimate of drug-likeness (QED) is 0.174. The van der Waals surface area contributed by atoms with Crippen LogP contribution >= 0.6 is 0 Å². The summed E-state index contributed by atoms with van der Waals surface area (Å²) in [6.07, 6.45) is -3.90. The maximum atomic E-state index is 12.0. The summed E-state index contributed by atoms with van der Waals surface area (Å²) in [5, 5.41) is 4.21. The molecule has 0 aliphatic carbocycles. The van der Waals surface area contributed by atoms with Gasteiger partial charge in [0.25, 0.3) is 6.29 Å². The minimum absolute atomic E-state index is 0.346. The third kappa shape index (κ3) is 8.87. The fourth-order valence-electron chi connectivity index (χ4n) is 4.75. The van der Waals surface area contributed by atoms with Crippen LogP contribution in [0.4, 0.5) is 5.69 Å². The first-order valence-electron chi connectivity index (χ1n) is 13.6. The Labute approximate surface area is 239 Å². The van der Waals surface area contributed by atoms with Crippen LogP contribution in [0.15, 0.2) is 11.2 Å². The molecule has 226 valence electrons. The Balaban J connectivity index is 1.79. The number of carbonyl (C=O) groups excluding carboxylic acids is 4. The first-order chi connectivity index (χ1) is 19.3. The van der Waals surface area contributed by atoms with E-state index in [1.165, 1.54) is 6.92 Å². The second-order valence-corrected chi connectivity index (χ2v) is 10.2. The largest absolute Gasteiger partial charge is 0.463 e. The summed E-state index contributed by atoms with van der Waals surface area (Å²) in [4.78, 5) is 60.0. The number of hydrogen-bond donors (Lipinski definition) is 0. The molecule has 0 saturated carbocycles.